The van der Waals surface area contributed by atoms with Crippen molar-refractivity contribution >= 4 is 29.3 Å². The zero-order chi connectivity index (χ0) is 21.4. The van der Waals surface area contributed by atoms with Gasteiger partial charge in [0, 0.05) is 5.02 Å². The van der Waals surface area contributed by atoms with Crippen LogP contribution in [0.3, 0.4) is 0 Å². The fourth-order valence-electron chi connectivity index (χ4n) is 2.26. The Hall–Kier alpha value is -2.94. The summed E-state index contributed by atoms with van der Waals surface area (Å²) in [6.07, 6.45) is 0.961. The maximum Gasteiger partial charge on any atom is 0.317 e. The summed E-state index contributed by atoms with van der Waals surface area (Å²) in [5, 5.41) is 4.51. The number of carbonyl (C=O) groups excluding carboxylic acids is 3. The summed E-state index contributed by atoms with van der Waals surface area (Å²) in [5.74, 6) is -1.46. The molecule has 0 aliphatic rings. The van der Waals surface area contributed by atoms with E-state index in [1.165, 1.54) is 17.3 Å². The smallest absolute Gasteiger partial charge is 0.317 e. The molecule has 0 saturated heterocycles. The molecule has 0 bridgehead atoms. The minimum absolute atomic E-state index is 0.164. The van der Waals surface area contributed by atoms with E-state index in [4.69, 9.17) is 25.8 Å². The summed E-state index contributed by atoms with van der Waals surface area (Å²) in [5.41, 5.74) is -1.13. The lowest BCUT2D eigenvalue weighted by Crippen LogP contribution is -2.39. The van der Waals surface area contributed by atoms with E-state index in [-0.39, 0.29) is 13.2 Å². The lowest BCUT2D eigenvalue weighted by Gasteiger charge is -2.28. The SMILES string of the molecule is CCOC(=O)CC(=O)OCC(C)(C)C(=O)C(Oc1ccc(Cl)cc1)n1cncn1. The summed E-state index contributed by atoms with van der Waals surface area (Å²) >= 11 is 5.88. The molecule has 0 N–H and O–H groups in total. The summed E-state index contributed by atoms with van der Waals surface area (Å²) in [7, 11) is 0. The van der Waals surface area contributed by atoms with Crippen LogP contribution in [0.2, 0.25) is 5.02 Å². The highest BCUT2D eigenvalue weighted by Gasteiger charge is 2.38. The third kappa shape index (κ3) is 6.56. The highest BCUT2D eigenvalue weighted by molar-refractivity contribution is 6.30. The third-order valence-electron chi connectivity index (χ3n) is 3.82. The van der Waals surface area contributed by atoms with Gasteiger partial charge in [0.15, 0.2) is 0 Å². The van der Waals surface area contributed by atoms with Crippen LogP contribution in [-0.2, 0) is 23.9 Å². The molecule has 0 amide bonds. The Bertz CT molecular complexity index is 836. The molecule has 0 saturated carbocycles. The first-order valence-electron chi connectivity index (χ1n) is 8.85. The van der Waals surface area contributed by atoms with Crippen molar-refractivity contribution in [2.75, 3.05) is 13.2 Å². The van der Waals surface area contributed by atoms with Crippen LogP contribution in [0.5, 0.6) is 5.75 Å². The first-order valence-corrected chi connectivity index (χ1v) is 9.22. The molecule has 10 heteroatoms. The zero-order valence-corrected chi connectivity index (χ0v) is 17.1. The lowest BCUT2D eigenvalue weighted by atomic mass is 9.88. The largest absolute Gasteiger partial charge is 0.466 e. The number of benzene rings is 1. The van der Waals surface area contributed by atoms with Crippen molar-refractivity contribution in [2.24, 2.45) is 5.41 Å². The number of halogens is 1. The van der Waals surface area contributed by atoms with Gasteiger partial charge in [0.1, 0.15) is 31.4 Å². The molecule has 1 unspecified atom stereocenters. The van der Waals surface area contributed by atoms with Crippen molar-refractivity contribution < 1.29 is 28.6 Å². The lowest BCUT2D eigenvalue weighted by molar-refractivity contribution is -0.158. The van der Waals surface area contributed by atoms with E-state index in [0.717, 1.165) is 0 Å². The quantitative estimate of drug-likeness (QED) is 0.423. The number of hydrogen-bond acceptors (Lipinski definition) is 8. The van der Waals surface area contributed by atoms with Gasteiger partial charge >= 0.3 is 11.9 Å². The van der Waals surface area contributed by atoms with Gasteiger partial charge in [0.05, 0.1) is 12.0 Å². The van der Waals surface area contributed by atoms with E-state index in [0.29, 0.717) is 10.8 Å². The van der Waals surface area contributed by atoms with Gasteiger partial charge in [-0.15, -0.1) is 0 Å². The van der Waals surface area contributed by atoms with Crippen molar-refractivity contribution in [3.05, 3.63) is 41.9 Å². The van der Waals surface area contributed by atoms with E-state index in [9.17, 15) is 14.4 Å². The van der Waals surface area contributed by atoms with Gasteiger partial charge in [-0.25, -0.2) is 9.67 Å². The highest BCUT2D eigenvalue weighted by atomic mass is 35.5. The molecule has 0 spiro atoms. The number of carbonyl (C=O) groups is 3. The Morgan fingerprint density at radius 2 is 1.79 bits per heavy atom. The normalized spacial score (nSPS) is 12.1. The standard InChI is InChI=1S/C19H22ClN3O6/c1-4-27-15(24)9-16(25)28-10-19(2,3)17(26)18(23-12-21-11-22-23)29-14-7-5-13(20)6-8-14/h5-8,11-12,18H,4,9-10H2,1-3H3. The van der Waals surface area contributed by atoms with Crippen LogP contribution >= 0.6 is 11.6 Å². The molecule has 9 nitrogen and oxygen atoms in total. The van der Waals surface area contributed by atoms with Gasteiger partial charge in [-0.1, -0.05) is 11.6 Å². The molecule has 2 rings (SSSR count). The molecule has 1 aromatic heterocycles. The summed E-state index contributed by atoms with van der Waals surface area (Å²) in [6.45, 7) is 4.75. The molecule has 1 aromatic carbocycles. The number of rotatable bonds is 10. The van der Waals surface area contributed by atoms with Gasteiger partial charge in [-0.3, -0.25) is 14.4 Å². The van der Waals surface area contributed by atoms with E-state index in [1.54, 1.807) is 45.0 Å². The topological polar surface area (TPSA) is 110 Å². The number of esters is 2. The molecule has 2 aromatic rings. The minimum Gasteiger partial charge on any atom is -0.466 e. The average molecular weight is 424 g/mol. The fourth-order valence-corrected chi connectivity index (χ4v) is 2.38. The van der Waals surface area contributed by atoms with Crippen molar-refractivity contribution in [2.45, 2.75) is 33.4 Å². The number of ether oxygens (including phenoxy) is 3. The Morgan fingerprint density at radius 3 is 2.38 bits per heavy atom. The van der Waals surface area contributed by atoms with Gasteiger partial charge < -0.3 is 14.2 Å². The van der Waals surface area contributed by atoms with Gasteiger partial charge in [0.2, 0.25) is 5.78 Å². The van der Waals surface area contributed by atoms with Gasteiger partial charge in [-0.05, 0) is 45.0 Å². The van der Waals surface area contributed by atoms with Crippen LogP contribution < -0.4 is 4.74 Å². The first kappa shape index (κ1) is 22.4. The molecule has 0 fully saturated rings. The maximum atomic E-state index is 13.1. The van der Waals surface area contributed by atoms with Crippen LogP contribution in [0.15, 0.2) is 36.9 Å². The molecular formula is C19H22ClN3O6. The first-order chi connectivity index (χ1) is 13.7. The molecule has 29 heavy (non-hydrogen) atoms. The van der Waals surface area contributed by atoms with Crippen molar-refractivity contribution in [3.8, 4) is 5.75 Å². The van der Waals surface area contributed by atoms with Crippen LogP contribution in [0.1, 0.15) is 33.4 Å². The summed E-state index contributed by atoms with van der Waals surface area (Å²) in [4.78, 5) is 40.2. The second-order valence-corrected chi connectivity index (χ2v) is 7.13. The Kier molecular flexibility index (Phi) is 7.72. The van der Waals surface area contributed by atoms with Crippen molar-refractivity contribution in [1.29, 1.82) is 0 Å². The van der Waals surface area contributed by atoms with Gasteiger partial charge in [-0.2, -0.15) is 5.10 Å². The van der Waals surface area contributed by atoms with Crippen LogP contribution in [-0.4, -0.2) is 45.7 Å². The molecular weight excluding hydrogens is 402 g/mol. The highest BCUT2D eigenvalue weighted by Crippen LogP contribution is 2.28. The second kappa shape index (κ2) is 10.0. The Labute approximate surface area is 172 Å². The second-order valence-electron chi connectivity index (χ2n) is 6.69. The fraction of sp³-hybridized carbons (Fsp3) is 0.421. The third-order valence-corrected chi connectivity index (χ3v) is 4.07. The summed E-state index contributed by atoms with van der Waals surface area (Å²) in [6, 6.07) is 6.49. The van der Waals surface area contributed by atoms with Crippen LogP contribution in [0.4, 0.5) is 0 Å². The predicted octanol–water partition coefficient (Wildman–Crippen LogP) is 2.60. The maximum absolute atomic E-state index is 13.1. The van der Waals surface area contributed by atoms with E-state index >= 15 is 0 Å². The Morgan fingerprint density at radius 1 is 1.14 bits per heavy atom. The monoisotopic (exact) mass is 423 g/mol. The summed E-state index contributed by atoms with van der Waals surface area (Å²) < 4.78 is 16.9. The number of hydrogen-bond donors (Lipinski definition) is 0. The van der Waals surface area contributed by atoms with Gasteiger partial charge in [0.25, 0.3) is 6.23 Å². The number of aromatic nitrogens is 3. The zero-order valence-electron chi connectivity index (χ0n) is 16.3. The molecule has 0 aliphatic carbocycles. The number of ketones is 1. The predicted molar refractivity (Wildman–Crippen MR) is 102 cm³/mol. The average Bonchev–Trinajstić information content (AvgIpc) is 3.20. The molecule has 156 valence electrons. The minimum atomic E-state index is -1.14. The van der Waals surface area contributed by atoms with Crippen LogP contribution in [0.25, 0.3) is 0 Å². The van der Waals surface area contributed by atoms with Crippen LogP contribution in [0, 0.1) is 5.41 Å². The van der Waals surface area contributed by atoms with E-state index in [1.807, 2.05) is 0 Å². The van der Waals surface area contributed by atoms with E-state index in [2.05, 4.69) is 10.1 Å². The Balaban J connectivity index is 2.09. The molecule has 1 heterocycles. The van der Waals surface area contributed by atoms with Crippen molar-refractivity contribution in [3.63, 3.8) is 0 Å². The van der Waals surface area contributed by atoms with E-state index < -0.39 is 35.8 Å². The number of Topliss-reactive ketones (excluding diaryl/α,β-unsaturated/α-hetero) is 1. The van der Waals surface area contributed by atoms with Crippen molar-refractivity contribution in [1.82, 2.24) is 14.8 Å². The molecule has 0 aliphatic heterocycles. The molecule has 1 atom stereocenters. The number of nitrogens with zero attached hydrogens (tertiary/aromatic N) is 3. The molecule has 0 radical (unpaired) electrons.